The number of allylic oxidation sites excluding steroid dienone is 4. The van der Waals surface area contributed by atoms with E-state index in [-0.39, 0.29) is 5.97 Å². The zero-order valence-electron chi connectivity index (χ0n) is 10.6. The second-order valence-electron chi connectivity index (χ2n) is 3.79. The van der Waals surface area contributed by atoms with Gasteiger partial charge in [0.1, 0.15) is 0 Å². The number of unbranched alkanes of at least 4 members (excludes halogenated alkanes) is 2. The number of ether oxygens (including phenoxy) is 1. The minimum atomic E-state index is -0.208. The second-order valence-corrected chi connectivity index (χ2v) is 3.79. The number of rotatable bonds is 7. The maximum Gasteiger partial charge on any atom is 0.333 e. The predicted octanol–water partition coefficient (Wildman–Crippen LogP) is 3.80. The van der Waals surface area contributed by atoms with Crippen molar-refractivity contribution in [1.82, 2.24) is 0 Å². The van der Waals surface area contributed by atoms with Crippen molar-refractivity contribution in [2.24, 2.45) is 0 Å². The summed E-state index contributed by atoms with van der Waals surface area (Å²) in [4.78, 5) is 11.2. The first-order valence-corrected chi connectivity index (χ1v) is 5.73. The molecule has 0 aliphatic rings. The fourth-order valence-electron chi connectivity index (χ4n) is 1.17. The summed E-state index contributed by atoms with van der Waals surface area (Å²) in [5.74, 6) is -0.208. The van der Waals surface area contributed by atoms with Crippen molar-refractivity contribution in [3.8, 4) is 0 Å². The third-order valence-corrected chi connectivity index (χ3v) is 2.03. The Morgan fingerprint density at radius 2 is 2.00 bits per heavy atom. The van der Waals surface area contributed by atoms with E-state index < -0.39 is 0 Å². The molecule has 0 aliphatic heterocycles. The van der Waals surface area contributed by atoms with Crippen LogP contribution < -0.4 is 0 Å². The van der Waals surface area contributed by atoms with Crippen molar-refractivity contribution < 1.29 is 9.53 Å². The summed E-state index contributed by atoms with van der Waals surface area (Å²) in [5.41, 5.74) is 1.77. The van der Waals surface area contributed by atoms with Crippen LogP contribution >= 0.6 is 0 Å². The minimum absolute atomic E-state index is 0.208. The molecule has 0 saturated carbocycles. The third-order valence-electron chi connectivity index (χ3n) is 2.03. The Labute approximate surface area is 98.7 Å². The van der Waals surface area contributed by atoms with Crippen LogP contribution in [-0.4, -0.2) is 12.6 Å². The van der Waals surface area contributed by atoms with Gasteiger partial charge in [-0.3, -0.25) is 0 Å². The van der Waals surface area contributed by atoms with Crippen LogP contribution in [0.3, 0.4) is 0 Å². The zero-order valence-corrected chi connectivity index (χ0v) is 10.6. The zero-order chi connectivity index (χ0) is 12.4. The molecule has 0 radical (unpaired) electrons. The molecular formula is C14H22O2. The average molecular weight is 222 g/mol. The normalized spacial score (nSPS) is 11.8. The molecular weight excluding hydrogens is 200 g/mol. The smallest absolute Gasteiger partial charge is 0.333 e. The monoisotopic (exact) mass is 222 g/mol. The predicted molar refractivity (Wildman–Crippen MR) is 68.2 cm³/mol. The van der Waals surface area contributed by atoms with Crippen LogP contribution in [0.1, 0.15) is 40.0 Å². The van der Waals surface area contributed by atoms with Gasteiger partial charge in [0.15, 0.2) is 0 Å². The van der Waals surface area contributed by atoms with Gasteiger partial charge in [-0.25, -0.2) is 4.79 Å². The standard InChI is InChI=1S/C14H22O2/c1-5-16-14(15)13(4)11-9-7-6-8-10-12(2)3/h8,10-11H,2,5-7,9H2,1,3-4H3/b10-8+,13-11+. The highest BCUT2D eigenvalue weighted by molar-refractivity contribution is 5.87. The van der Waals surface area contributed by atoms with Crippen molar-refractivity contribution >= 4 is 5.97 Å². The molecule has 0 aromatic rings. The Balaban J connectivity index is 3.75. The van der Waals surface area contributed by atoms with E-state index in [1.165, 1.54) is 0 Å². The first-order chi connectivity index (χ1) is 7.57. The van der Waals surface area contributed by atoms with Gasteiger partial charge < -0.3 is 4.74 Å². The van der Waals surface area contributed by atoms with E-state index >= 15 is 0 Å². The number of carbonyl (C=O) groups is 1. The van der Waals surface area contributed by atoms with E-state index in [1.807, 2.05) is 26.0 Å². The number of carbonyl (C=O) groups excluding carboxylic acids is 1. The first-order valence-electron chi connectivity index (χ1n) is 5.73. The molecule has 2 nitrogen and oxygen atoms in total. The van der Waals surface area contributed by atoms with Gasteiger partial charge in [-0.15, -0.1) is 0 Å². The Morgan fingerprint density at radius 3 is 2.56 bits per heavy atom. The van der Waals surface area contributed by atoms with Crippen molar-refractivity contribution in [3.63, 3.8) is 0 Å². The fraction of sp³-hybridized carbons (Fsp3) is 0.500. The van der Waals surface area contributed by atoms with E-state index in [9.17, 15) is 4.79 Å². The van der Waals surface area contributed by atoms with Gasteiger partial charge in [0.2, 0.25) is 0 Å². The molecule has 0 aromatic heterocycles. The number of esters is 1. The van der Waals surface area contributed by atoms with E-state index in [1.54, 1.807) is 6.92 Å². The molecule has 0 rings (SSSR count). The van der Waals surface area contributed by atoms with E-state index in [0.717, 1.165) is 24.8 Å². The molecule has 0 bridgehead atoms. The van der Waals surface area contributed by atoms with Gasteiger partial charge in [0.05, 0.1) is 6.61 Å². The maximum absolute atomic E-state index is 11.2. The molecule has 0 spiro atoms. The molecule has 0 fully saturated rings. The molecule has 0 saturated heterocycles. The van der Waals surface area contributed by atoms with Crippen LogP contribution in [0.4, 0.5) is 0 Å². The summed E-state index contributed by atoms with van der Waals surface area (Å²) in [5, 5.41) is 0. The molecule has 0 N–H and O–H groups in total. The highest BCUT2D eigenvalue weighted by Crippen LogP contribution is 2.04. The molecule has 2 heteroatoms. The lowest BCUT2D eigenvalue weighted by Gasteiger charge is -2.00. The number of hydrogen-bond acceptors (Lipinski definition) is 2. The maximum atomic E-state index is 11.2. The minimum Gasteiger partial charge on any atom is -0.463 e. The lowest BCUT2D eigenvalue weighted by atomic mass is 10.1. The van der Waals surface area contributed by atoms with Crippen LogP contribution in [0.15, 0.2) is 36.0 Å². The van der Waals surface area contributed by atoms with Crippen LogP contribution in [0.2, 0.25) is 0 Å². The SMILES string of the molecule is C=C(C)/C=C/CCC/C=C(\C)C(=O)OCC. The molecule has 0 aromatic carbocycles. The molecule has 0 atom stereocenters. The molecule has 90 valence electrons. The highest BCUT2D eigenvalue weighted by atomic mass is 16.5. The summed E-state index contributed by atoms with van der Waals surface area (Å²) >= 11 is 0. The van der Waals surface area contributed by atoms with Gasteiger partial charge >= 0.3 is 5.97 Å². The topological polar surface area (TPSA) is 26.3 Å². The Morgan fingerprint density at radius 1 is 1.31 bits per heavy atom. The molecule has 0 heterocycles. The Bertz CT molecular complexity index is 285. The molecule has 0 unspecified atom stereocenters. The number of hydrogen-bond donors (Lipinski definition) is 0. The largest absolute Gasteiger partial charge is 0.463 e. The fourth-order valence-corrected chi connectivity index (χ4v) is 1.17. The lowest BCUT2D eigenvalue weighted by molar-refractivity contribution is -0.138. The van der Waals surface area contributed by atoms with Crippen molar-refractivity contribution in [2.45, 2.75) is 40.0 Å². The molecule has 0 amide bonds. The Kier molecular flexibility index (Phi) is 8.22. The Hall–Kier alpha value is -1.31. The lowest BCUT2D eigenvalue weighted by Crippen LogP contribution is -2.04. The van der Waals surface area contributed by atoms with E-state index in [2.05, 4.69) is 12.7 Å². The second kappa shape index (κ2) is 8.96. The van der Waals surface area contributed by atoms with Gasteiger partial charge in [0.25, 0.3) is 0 Å². The summed E-state index contributed by atoms with van der Waals surface area (Å²) in [6.07, 6.45) is 9.02. The third kappa shape index (κ3) is 8.04. The van der Waals surface area contributed by atoms with Gasteiger partial charge in [-0.2, -0.15) is 0 Å². The van der Waals surface area contributed by atoms with Crippen molar-refractivity contribution in [2.75, 3.05) is 6.61 Å². The summed E-state index contributed by atoms with van der Waals surface area (Å²) in [6, 6.07) is 0. The van der Waals surface area contributed by atoms with Crippen molar-refractivity contribution in [3.05, 3.63) is 36.0 Å². The quantitative estimate of drug-likeness (QED) is 0.283. The summed E-state index contributed by atoms with van der Waals surface area (Å²) in [7, 11) is 0. The van der Waals surface area contributed by atoms with Crippen molar-refractivity contribution in [1.29, 1.82) is 0 Å². The van der Waals surface area contributed by atoms with Crippen LogP contribution in [0, 0.1) is 0 Å². The van der Waals surface area contributed by atoms with Crippen LogP contribution in [-0.2, 0) is 9.53 Å². The average Bonchev–Trinajstić information content (AvgIpc) is 2.22. The molecule has 0 aliphatic carbocycles. The summed E-state index contributed by atoms with van der Waals surface area (Å²) < 4.78 is 4.88. The first kappa shape index (κ1) is 14.7. The van der Waals surface area contributed by atoms with E-state index in [0.29, 0.717) is 12.2 Å². The van der Waals surface area contributed by atoms with E-state index in [4.69, 9.17) is 4.74 Å². The van der Waals surface area contributed by atoms with Crippen LogP contribution in [0.5, 0.6) is 0 Å². The van der Waals surface area contributed by atoms with Crippen LogP contribution in [0.25, 0.3) is 0 Å². The van der Waals surface area contributed by atoms with Gasteiger partial charge in [-0.1, -0.05) is 30.4 Å². The van der Waals surface area contributed by atoms with Gasteiger partial charge in [-0.05, 0) is 40.0 Å². The van der Waals surface area contributed by atoms with Gasteiger partial charge in [0, 0.05) is 5.57 Å². The highest BCUT2D eigenvalue weighted by Gasteiger charge is 2.02. The molecule has 16 heavy (non-hydrogen) atoms. The summed E-state index contributed by atoms with van der Waals surface area (Å²) in [6.45, 7) is 9.80.